The molecule has 3 rings (SSSR count). The molecule has 0 amide bonds. The topological polar surface area (TPSA) is 65.1 Å². The summed E-state index contributed by atoms with van der Waals surface area (Å²) in [5, 5.41) is 6.74. The van der Waals surface area contributed by atoms with E-state index in [9.17, 15) is 0 Å². The maximum Gasteiger partial charge on any atom is 0.191 e. The number of hydrogen-bond acceptors (Lipinski definition) is 2. The zero-order valence-corrected chi connectivity index (χ0v) is 16.0. The van der Waals surface area contributed by atoms with Crippen molar-refractivity contribution in [2.45, 2.75) is 32.6 Å². The van der Waals surface area contributed by atoms with Crippen molar-refractivity contribution in [1.29, 1.82) is 0 Å². The highest BCUT2D eigenvalue weighted by Crippen LogP contribution is 2.11. The minimum atomic E-state index is 0.827. The highest BCUT2D eigenvalue weighted by molar-refractivity contribution is 5.79. The number of guanidine groups is 1. The number of aromatic nitrogens is 2. The van der Waals surface area contributed by atoms with E-state index in [1.165, 1.54) is 5.56 Å². The summed E-state index contributed by atoms with van der Waals surface area (Å²) in [4.78, 5) is 12.7. The van der Waals surface area contributed by atoms with Gasteiger partial charge in [0, 0.05) is 26.1 Å². The molecule has 5 nitrogen and oxygen atoms in total. The fraction of sp³-hybridized carbons (Fsp3) is 0.364. The molecule has 0 unspecified atom stereocenters. The predicted octanol–water partition coefficient (Wildman–Crippen LogP) is 3.68. The Bertz CT molecular complexity index is 805. The average molecular weight is 364 g/mol. The first kappa shape index (κ1) is 19.0. The summed E-state index contributed by atoms with van der Waals surface area (Å²) in [6.45, 7) is 4.67. The van der Waals surface area contributed by atoms with Gasteiger partial charge in [-0.15, -0.1) is 0 Å². The molecular weight excluding hydrogens is 334 g/mol. The van der Waals surface area contributed by atoms with E-state index < -0.39 is 0 Å². The molecule has 0 aliphatic carbocycles. The van der Waals surface area contributed by atoms with Crippen LogP contribution in [0.15, 0.2) is 59.6 Å². The van der Waals surface area contributed by atoms with E-state index >= 15 is 0 Å². The van der Waals surface area contributed by atoms with Gasteiger partial charge in [0.25, 0.3) is 0 Å². The van der Waals surface area contributed by atoms with Crippen LogP contribution in [0.1, 0.15) is 31.2 Å². The summed E-state index contributed by atoms with van der Waals surface area (Å²) >= 11 is 0. The molecule has 0 aliphatic heterocycles. The Labute approximate surface area is 161 Å². The number of aliphatic imine (C=N–C) groups is 1. The summed E-state index contributed by atoms with van der Waals surface area (Å²) in [6.07, 6.45) is 4.05. The van der Waals surface area contributed by atoms with Crippen LogP contribution in [-0.2, 0) is 12.8 Å². The molecular formula is C22H29N5. The van der Waals surface area contributed by atoms with Crippen LogP contribution < -0.4 is 10.6 Å². The van der Waals surface area contributed by atoms with E-state index in [4.69, 9.17) is 0 Å². The Morgan fingerprint density at radius 3 is 2.59 bits per heavy atom. The van der Waals surface area contributed by atoms with Crippen molar-refractivity contribution in [2.24, 2.45) is 4.99 Å². The lowest BCUT2D eigenvalue weighted by Crippen LogP contribution is -2.38. The zero-order valence-electron chi connectivity index (χ0n) is 16.0. The summed E-state index contributed by atoms with van der Waals surface area (Å²) in [5.74, 6) is 1.94. The van der Waals surface area contributed by atoms with Crippen molar-refractivity contribution in [3.05, 3.63) is 66.0 Å². The van der Waals surface area contributed by atoms with Crippen LogP contribution in [0.25, 0.3) is 11.0 Å². The number of hydrogen-bond donors (Lipinski definition) is 3. The zero-order chi connectivity index (χ0) is 18.7. The van der Waals surface area contributed by atoms with Crippen LogP contribution in [0, 0.1) is 0 Å². The van der Waals surface area contributed by atoms with Crippen molar-refractivity contribution >= 4 is 17.0 Å². The highest BCUT2D eigenvalue weighted by Gasteiger charge is 2.02. The van der Waals surface area contributed by atoms with E-state index in [1.807, 2.05) is 18.2 Å². The quantitative estimate of drug-likeness (QED) is 0.309. The summed E-state index contributed by atoms with van der Waals surface area (Å²) in [5.41, 5.74) is 3.51. The standard InChI is InChI=1S/C22H29N5/c1-2-23-22(24-16-8-12-18-10-4-3-5-11-18)25-17-9-15-21-26-19-13-6-7-14-20(19)27-21/h3-7,10-11,13-14H,2,8-9,12,15-17H2,1H3,(H,26,27)(H2,23,24,25). The smallest absolute Gasteiger partial charge is 0.191 e. The lowest BCUT2D eigenvalue weighted by molar-refractivity contribution is 0.723. The van der Waals surface area contributed by atoms with Gasteiger partial charge in [0.2, 0.25) is 0 Å². The number of nitrogens with zero attached hydrogens (tertiary/aromatic N) is 2. The molecule has 0 atom stereocenters. The third-order valence-electron chi connectivity index (χ3n) is 4.40. The average Bonchev–Trinajstić information content (AvgIpc) is 3.12. The molecule has 27 heavy (non-hydrogen) atoms. The molecule has 0 bridgehead atoms. The van der Waals surface area contributed by atoms with Gasteiger partial charge in [-0.3, -0.25) is 4.99 Å². The molecule has 1 heterocycles. The second-order valence-corrected chi connectivity index (χ2v) is 6.58. The van der Waals surface area contributed by atoms with Crippen molar-refractivity contribution in [3.63, 3.8) is 0 Å². The summed E-state index contributed by atoms with van der Waals surface area (Å²) in [6, 6.07) is 18.7. The van der Waals surface area contributed by atoms with Crippen LogP contribution in [-0.4, -0.2) is 35.6 Å². The lowest BCUT2D eigenvalue weighted by atomic mass is 10.1. The number of aryl methyl sites for hydroxylation is 2. The molecule has 0 saturated carbocycles. The van der Waals surface area contributed by atoms with Crippen molar-refractivity contribution < 1.29 is 0 Å². The minimum Gasteiger partial charge on any atom is -0.357 e. The SMILES string of the molecule is CCNC(=NCCCc1ccccc1)NCCCc1nc2ccccc2[nH]1. The van der Waals surface area contributed by atoms with Gasteiger partial charge < -0.3 is 15.6 Å². The number of para-hydroxylation sites is 2. The minimum absolute atomic E-state index is 0.827. The molecule has 5 heteroatoms. The third-order valence-corrected chi connectivity index (χ3v) is 4.40. The molecule has 0 spiro atoms. The predicted molar refractivity (Wildman–Crippen MR) is 113 cm³/mol. The van der Waals surface area contributed by atoms with Crippen LogP contribution >= 0.6 is 0 Å². The van der Waals surface area contributed by atoms with Crippen LogP contribution in [0.5, 0.6) is 0 Å². The van der Waals surface area contributed by atoms with Gasteiger partial charge in [0.15, 0.2) is 5.96 Å². The first-order valence-electron chi connectivity index (χ1n) is 9.85. The molecule has 0 aliphatic rings. The number of imidazole rings is 1. The number of fused-ring (bicyclic) bond motifs is 1. The van der Waals surface area contributed by atoms with Crippen molar-refractivity contribution in [1.82, 2.24) is 20.6 Å². The number of H-pyrrole nitrogens is 1. The molecule has 3 N–H and O–H groups in total. The van der Waals surface area contributed by atoms with Crippen LogP contribution in [0.4, 0.5) is 0 Å². The highest BCUT2D eigenvalue weighted by atomic mass is 15.2. The fourth-order valence-electron chi connectivity index (χ4n) is 3.05. The number of aromatic amines is 1. The largest absolute Gasteiger partial charge is 0.357 e. The van der Waals surface area contributed by atoms with Gasteiger partial charge in [-0.1, -0.05) is 42.5 Å². The molecule has 2 aromatic carbocycles. The van der Waals surface area contributed by atoms with Crippen molar-refractivity contribution in [2.75, 3.05) is 19.6 Å². The molecule has 0 fully saturated rings. The van der Waals surface area contributed by atoms with E-state index in [0.717, 1.165) is 68.1 Å². The van der Waals surface area contributed by atoms with Gasteiger partial charge in [-0.25, -0.2) is 4.98 Å². The molecule has 0 radical (unpaired) electrons. The van der Waals surface area contributed by atoms with Gasteiger partial charge in [-0.05, 0) is 43.9 Å². The number of rotatable bonds is 9. The van der Waals surface area contributed by atoms with Crippen LogP contribution in [0.2, 0.25) is 0 Å². The van der Waals surface area contributed by atoms with Crippen LogP contribution in [0.3, 0.4) is 0 Å². The Morgan fingerprint density at radius 2 is 1.78 bits per heavy atom. The Kier molecular flexibility index (Phi) is 7.27. The second-order valence-electron chi connectivity index (χ2n) is 6.58. The normalized spacial score (nSPS) is 11.7. The van der Waals surface area contributed by atoms with Gasteiger partial charge >= 0.3 is 0 Å². The molecule has 1 aromatic heterocycles. The van der Waals surface area contributed by atoms with Crippen molar-refractivity contribution in [3.8, 4) is 0 Å². The third kappa shape index (κ3) is 6.13. The Balaban J connectivity index is 1.39. The van der Waals surface area contributed by atoms with Gasteiger partial charge in [0.05, 0.1) is 11.0 Å². The number of nitrogens with one attached hydrogen (secondary N) is 3. The second kappa shape index (κ2) is 10.4. The monoisotopic (exact) mass is 363 g/mol. The summed E-state index contributed by atoms with van der Waals surface area (Å²) in [7, 11) is 0. The molecule has 3 aromatic rings. The Hall–Kier alpha value is -2.82. The Morgan fingerprint density at radius 1 is 0.963 bits per heavy atom. The maximum absolute atomic E-state index is 4.68. The number of benzene rings is 2. The maximum atomic E-state index is 4.68. The summed E-state index contributed by atoms with van der Waals surface area (Å²) < 4.78 is 0. The van der Waals surface area contributed by atoms with E-state index in [1.54, 1.807) is 0 Å². The van der Waals surface area contributed by atoms with Gasteiger partial charge in [0.1, 0.15) is 5.82 Å². The van der Waals surface area contributed by atoms with E-state index in [-0.39, 0.29) is 0 Å². The lowest BCUT2D eigenvalue weighted by Gasteiger charge is -2.11. The first-order chi connectivity index (χ1) is 13.3. The first-order valence-corrected chi connectivity index (χ1v) is 9.85. The molecule has 142 valence electrons. The fourth-order valence-corrected chi connectivity index (χ4v) is 3.05. The van der Waals surface area contributed by atoms with Gasteiger partial charge in [-0.2, -0.15) is 0 Å². The van der Waals surface area contributed by atoms with E-state index in [2.05, 4.69) is 68.9 Å². The van der Waals surface area contributed by atoms with E-state index in [0.29, 0.717) is 0 Å². The molecule has 0 saturated heterocycles.